The van der Waals surface area contributed by atoms with Crippen molar-refractivity contribution >= 4 is 18.4 Å². The summed E-state index contributed by atoms with van der Waals surface area (Å²) in [6.07, 6.45) is 1.81. The van der Waals surface area contributed by atoms with Crippen LogP contribution >= 0.6 is 0 Å². The van der Waals surface area contributed by atoms with E-state index in [-0.39, 0.29) is 11.6 Å². The number of nitrogen functional groups attached to an aromatic ring is 1. The van der Waals surface area contributed by atoms with E-state index in [0.717, 1.165) is 17.5 Å². The van der Waals surface area contributed by atoms with E-state index < -0.39 is 6.10 Å². The van der Waals surface area contributed by atoms with Crippen molar-refractivity contribution in [1.82, 2.24) is 14.8 Å². The van der Waals surface area contributed by atoms with Crippen LogP contribution in [0.2, 0.25) is 0 Å². The summed E-state index contributed by atoms with van der Waals surface area (Å²) >= 11 is 0. The Morgan fingerprint density at radius 2 is 2.17 bits per heavy atom. The minimum absolute atomic E-state index is 0.186. The molecule has 0 aliphatic rings. The fraction of sp³-hybridized carbons (Fsp3) is 0.238. The molecule has 2 aromatic heterocycles. The van der Waals surface area contributed by atoms with Crippen LogP contribution in [0.15, 0.2) is 35.5 Å². The molecular weight excluding hydrogens is 371 g/mol. The number of nitrogens with zero attached hydrogens (tertiary/aromatic N) is 5. The minimum atomic E-state index is -0.457. The molecule has 1 aromatic carbocycles. The Balaban J connectivity index is 2.03. The van der Waals surface area contributed by atoms with Crippen molar-refractivity contribution in [3.8, 4) is 22.9 Å². The molecule has 29 heavy (non-hydrogen) atoms. The number of anilines is 1. The predicted octanol–water partition coefficient (Wildman–Crippen LogP) is 4.11. The smallest absolute Gasteiger partial charge is 0.182 e. The molecular formula is C21H21FN6O. The maximum Gasteiger partial charge on any atom is 0.182 e. The number of hydrogen-bond donors (Lipinski definition) is 1. The lowest BCUT2D eigenvalue weighted by Gasteiger charge is -2.19. The zero-order valence-electron chi connectivity index (χ0n) is 16.5. The maximum atomic E-state index is 13.8. The second-order valence-corrected chi connectivity index (χ2v) is 6.50. The summed E-state index contributed by atoms with van der Waals surface area (Å²) in [5.74, 6) is 0.492. The SMILES string of the molecule is C=Nc1nn(C)c(C#N)c1-c1cnc(N)c(OC(C)c2cc(F)ccc2CC)c1. The molecule has 0 spiro atoms. The average Bonchev–Trinajstić information content (AvgIpc) is 3.04. The van der Waals surface area contributed by atoms with Gasteiger partial charge in [-0.25, -0.2) is 14.4 Å². The normalized spacial score (nSPS) is 11.7. The summed E-state index contributed by atoms with van der Waals surface area (Å²) < 4.78 is 21.2. The highest BCUT2D eigenvalue weighted by Crippen LogP contribution is 2.36. The van der Waals surface area contributed by atoms with E-state index in [4.69, 9.17) is 10.5 Å². The van der Waals surface area contributed by atoms with Gasteiger partial charge in [0.05, 0.1) is 5.56 Å². The third-order valence-electron chi connectivity index (χ3n) is 4.69. The summed E-state index contributed by atoms with van der Waals surface area (Å²) in [4.78, 5) is 8.09. The van der Waals surface area contributed by atoms with Gasteiger partial charge in [-0.1, -0.05) is 13.0 Å². The summed E-state index contributed by atoms with van der Waals surface area (Å²) in [7, 11) is 1.65. The van der Waals surface area contributed by atoms with Crippen LogP contribution < -0.4 is 10.5 Å². The molecule has 0 aliphatic heterocycles. The number of aromatic nitrogens is 3. The number of ether oxygens (including phenoxy) is 1. The molecule has 7 nitrogen and oxygen atoms in total. The topological polar surface area (TPSA) is 102 Å². The molecule has 2 N–H and O–H groups in total. The Kier molecular flexibility index (Phi) is 5.59. The van der Waals surface area contributed by atoms with Crippen molar-refractivity contribution in [2.45, 2.75) is 26.4 Å². The van der Waals surface area contributed by atoms with Gasteiger partial charge >= 0.3 is 0 Å². The van der Waals surface area contributed by atoms with E-state index in [9.17, 15) is 9.65 Å². The summed E-state index contributed by atoms with van der Waals surface area (Å²) in [6, 6.07) is 8.43. The van der Waals surface area contributed by atoms with Crippen LogP contribution in [-0.2, 0) is 13.5 Å². The van der Waals surface area contributed by atoms with Gasteiger partial charge in [-0.3, -0.25) is 4.68 Å². The zero-order chi connectivity index (χ0) is 21.1. The molecule has 0 bridgehead atoms. The summed E-state index contributed by atoms with van der Waals surface area (Å²) in [5.41, 5.74) is 9.12. The van der Waals surface area contributed by atoms with E-state index in [1.54, 1.807) is 19.2 Å². The van der Waals surface area contributed by atoms with Gasteiger partial charge in [0.25, 0.3) is 0 Å². The number of nitrogens with two attached hydrogens (primary N) is 1. The van der Waals surface area contributed by atoms with Crippen molar-refractivity contribution in [3.63, 3.8) is 0 Å². The molecule has 0 amide bonds. The zero-order valence-corrected chi connectivity index (χ0v) is 16.5. The number of halogens is 1. The minimum Gasteiger partial charge on any atom is -0.482 e. The molecule has 0 saturated carbocycles. The number of nitriles is 1. The molecule has 148 valence electrons. The molecule has 8 heteroatoms. The highest BCUT2D eigenvalue weighted by molar-refractivity contribution is 5.80. The Morgan fingerprint density at radius 1 is 1.41 bits per heavy atom. The van der Waals surface area contributed by atoms with Crippen LogP contribution in [0.25, 0.3) is 11.1 Å². The first-order chi connectivity index (χ1) is 13.9. The van der Waals surface area contributed by atoms with Gasteiger partial charge in [0.2, 0.25) is 0 Å². The average molecular weight is 392 g/mol. The van der Waals surface area contributed by atoms with Crippen LogP contribution in [0.4, 0.5) is 16.0 Å². The van der Waals surface area contributed by atoms with Gasteiger partial charge in [-0.2, -0.15) is 10.4 Å². The quantitative estimate of drug-likeness (QED) is 0.636. The van der Waals surface area contributed by atoms with Gasteiger partial charge in [-0.05, 0) is 49.4 Å². The first kappa shape index (κ1) is 20.0. The number of hydrogen-bond acceptors (Lipinski definition) is 6. The van der Waals surface area contributed by atoms with E-state index >= 15 is 0 Å². The largest absolute Gasteiger partial charge is 0.482 e. The van der Waals surface area contributed by atoms with Crippen molar-refractivity contribution in [3.05, 3.63) is 53.1 Å². The predicted molar refractivity (Wildman–Crippen MR) is 110 cm³/mol. The third-order valence-corrected chi connectivity index (χ3v) is 4.69. The number of pyridine rings is 1. The first-order valence-electron chi connectivity index (χ1n) is 9.04. The van der Waals surface area contributed by atoms with Gasteiger partial charge in [-0.15, -0.1) is 0 Å². The molecule has 3 aromatic rings. The highest BCUT2D eigenvalue weighted by Gasteiger charge is 2.20. The second kappa shape index (κ2) is 8.10. The van der Waals surface area contributed by atoms with E-state index in [1.807, 2.05) is 13.8 Å². The first-order valence-corrected chi connectivity index (χ1v) is 9.04. The Hall–Kier alpha value is -3.73. The Bertz CT molecular complexity index is 1120. The monoisotopic (exact) mass is 392 g/mol. The lowest BCUT2D eigenvalue weighted by atomic mass is 10.0. The highest BCUT2D eigenvalue weighted by atomic mass is 19.1. The van der Waals surface area contributed by atoms with Crippen LogP contribution in [0, 0.1) is 17.1 Å². The third kappa shape index (κ3) is 3.80. The lowest BCUT2D eigenvalue weighted by molar-refractivity contribution is 0.226. The van der Waals surface area contributed by atoms with E-state index in [1.165, 1.54) is 23.0 Å². The fourth-order valence-corrected chi connectivity index (χ4v) is 3.22. The summed E-state index contributed by atoms with van der Waals surface area (Å²) in [6.45, 7) is 7.33. The number of aliphatic imine (C=N–C) groups is 1. The van der Waals surface area contributed by atoms with Crippen LogP contribution in [0.3, 0.4) is 0 Å². The van der Waals surface area contributed by atoms with Crippen LogP contribution in [0.1, 0.15) is 36.8 Å². The molecule has 0 aliphatic carbocycles. The Labute approximate surface area is 168 Å². The molecule has 2 heterocycles. The number of rotatable bonds is 6. The second-order valence-electron chi connectivity index (χ2n) is 6.50. The molecule has 0 saturated heterocycles. The van der Waals surface area contributed by atoms with E-state index in [0.29, 0.717) is 28.4 Å². The van der Waals surface area contributed by atoms with Gasteiger partial charge < -0.3 is 10.5 Å². The standard InChI is InChI=1S/C21H21FN6O/c1-5-13-6-7-15(22)9-16(13)12(2)29-18-8-14(11-26-20(18)24)19-17(10-23)28(4)27-21(19)25-3/h6-9,11-12H,3,5H2,1-2,4H3,(H2,24,26). The van der Waals surface area contributed by atoms with Crippen LogP contribution in [0.5, 0.6) is 5.75 Å². The van der Waals surface area contributed by atoms with Gasteiger partial charge in [0, 0.05) is 18.8 Å². The van der Waals surface area contributed by atoms with E-state index in [2.05, 4.69) is 27.9 Å². The van der Waals surface area contributed by atoms with Gasteiger partial charge in [0.1, 0.15) is 23.7 Å². The summed E-state index contributed by atoms with van der Waals surface area (Å²) in [5, 5.41) is 13.7. The van der Waals surface area contributed by atoms with Gasteiger partial charge in [0.15, 0.2) is 17.4 Å². The van der Waals surface area contributed by atoms with Crippen LogP contribution in [-0.4, -0.2) is 21.5 Å². The molecule has 1 unspecified atom stereocenters. The van der Waals surface area contributed by atoms with Crippen molar-refractivity contribution in [1.29, 1.82) is 5.26 Å². The molecule has 1 atom stereocenters. The molecule has 0 radical (unpaired) electrons. The van der Waals surface area contributed by atoms with Crippen molar-refractivity contribution < 1.29 is 9.13 Å². The number of aryl methyl sites for hydroxylation is 2. The van der Waals surface area contributed by atoms with Crippen molar-refractivity contribution in [2.24, 2.45) is 12.0 Å². The fourth-order valence-electron chi connectivity index (χ4n) is 3.22. The Morgan fingerprint density at radius 3 is 2.83 bits per heavy atom. The maximum absolute atomic E-state index is 13.8. The number of benzene rings is 1. The molecule has 3 rings (SSSR count). The molecule has 0 fully saturated rings. The lowest BCUT2D eigenvalue weighted by Crippen LogP contribution is -2.09. The van der Waals surface area contributed by atoms with Crippen molar-refractivity contribution in [2.75, 3.05) is 5.73 Å².